The van der Waals surface area contributed by atoms with E-state index >= 15 is 0 Å². The molecular weight excluding hydrogens is 1000 g/mol. The highest BCUT2D eigenvalue weighted by Crippen LogP contribution is 2.38. The number of ether oxygens (including phenoxy) is 2. The van der Waals surface area contributed by atoms with Crippen LogP contribution in [0.4, 0.5) is 0 Å². The van der Waals surface area contributed by atoms with Crippen molar-refractivity contribution in [3.63, 3.8) is 0 Å². The molecule has 9 nitrogen and oxygen atoms in total. The predicted octanol–water partition coefficient (Wildman–Crippen LogP) is 21.7. The Bertz CT molecular complexity index is 1340. The maximum Gasteiger partial charge on any atom is 0.306 e. The minimum atomic E-state index is -4.63. The molecule has 0 N–H and O–H groups in total. The topological polar surface area (TPSA) is 111 Å². The molecule has 0 amide bonds. The third kappa shape index (κ3) is 65.8. The Balaban J connectivity index is 3.81. The zero-order chi connectivity index (χ0) is 57.7. The van der Waals surface area contributed by atoms with Crippen molar-refractivity contribution in [1.82, 2.24) is 0 Å². The van der Waals surface area contributed by atoms with Crippen LogP contribution in [-0.4, -0.2) is 70.0 Å². The van der Waals surface area contributed by atoms with E-state index in [1.807, 2.05) is 21.1 Å². The summed E-state index contributed by atoms with van der Waals surface area (Å²) in [6.07, 6.45) is 74.7. The molecule has 0 fully saturated rings. The highest BCUT2D eigenvalue weighted by Gasteiger charge is 2.22. The van der Waals surface area contributed by atoms with E-state index in [0.29, 0.717) is 17.4 Å². The molecule has 0 bridgehead atoms. The van der Waals surface area contributed by atoms with Crippen LogP contribution in [0.15, 0.2) is 12.2 Å². The second-order valence-electron chi connectivity index (χ2n) is 25.3. The summed E-state index contributed by atoms with van der Waals surface area (Å²) in [6, 6.07) is 0. The molecule has 0 rings (SSSR count). The molecule has 470 valence electrons. The lowest BCUT2D eigenvalue weighted by atomic mass is 10.0. The Hall–Kier alpha value is -1.25. The van der Waals surface area contributed by atoms with Gasteiger partial charge >= 0.3 is 11.9 Å². The quantitative estimate of drug-likeness (QED) is 0.0195. The van der Waals surface area contributed by atoms with E-state index in [0.717, 1.165) is 51.4 Å². The first-order valence-corrected chi connectivity index (χ1v) is 36.4. The first-order valence-electron chi connectivity index (χ1n) is 34.9. The van der Waals surface area contributed by atoms with Gasteiger partial charge in [0, 0.05) is 12.8 Å². The highest BCUT2D eigenvalue weighted by molar-refractivity contribution is 7.45. The third-order valence-corrected chi connectivity index (χ3v) is 17.0. The Morgan fingerprint density at radius 3 is 0.937 bits per heavy atom. The fourth-order valence-corrected chi connectivity index (χ4v) is 11.4. The molecule has 10 heteroatoms. The minimum absolute atomic E-state index is 0.0288. The van der Waals surface area contributed by atoms with Gasteiger partial charge in [0.25, 0.3) is 7.82 Å². The number of hydrogen-bond acceptors (Lipinski definition) is 8. The summed E-state index contributed by atoms with van der Waals surface area (Å²) in [4.78, 5) is 37.9. The van der Waals surface area contributed by atoms with Crippen LogP contribution in [-0.2, 0) is 32.7 Å². The van der Waals surface area contributed by atoms with Crippen molar-refractivity contribution >= 4 is 19.8 Å². The van der Waals surface area contributed by atoms with Crippen molar-refractivity contribution in [2.24, 2.45) is 0 Å². The van der Waals surface area contributed by atoms with Crippen molar-refractivity contribution in [2.75, 3.05) is 47.5 Å². The van der Waals surface area contributed by atoms with Crippen LogP contribution < -0.4 is 4.89 Å². The van der Waals surface area contributed by atoms with E-state index in [1.54, 1.807) is 0 Å². The molecule has 0 saturated carbocycles. The maximum absolute atomic E-state index is 12.8. The van der Waals surface area contributed by atoms with Crippen molar-refractivity contribution < 1.29 is 42.1 Å². The SMILES string of the molecule is CCCCCCCC/C=C\CCCCCCCC(=O)OC(COC(=O)CCCCCCCCCCCCCCCCCCCCCCCCCCCCCCCCCCCCCCCCCC)COP(=O)([O-])OCC[N+](C)(C)C. The molecule has 0 heterocycles. The Labute approximate surface area is 492 Å². The number of quaternary nitrogens is 1. The number of phosphoric acid groups is 1. The first-order chi connectivity index (χ1) is 38.5. The van der Waals surface area contributed by atoms with Crippen molar-refractivity contribution in [3.05, 3.63) is 12.2 Å². The number of carbonyl (C=O) groups is 2. The van der Waals surface area contributed by atoms with Gasteiger partial charge in [0.05, 0.1) is 27.7 Å². The number of unbranched alkanes of at least 4 members (excludes halogenated alkanes) is 50. The first kappa shape index (κ1) is 77.8. The van der Waals surface area contributed by atoms with Crippen LogP contribution >= 0.6 is 7.82 Å². The summed E-state index contributed by atoms with van der Waals surface area (Å²) in [6.45, 7) is 4.29. The van der Waals surface area contributed by atoms with Crippen molar-refractivity contribution in [2.45, 2.75) is 373 Å². The normalized spacial score (nSPS) is 13.1. The average Bonchev–Trinajstić information content (AvgIpc) is 3.41. The van der Waals surface area contributed by atoms with Gasteiger partial charge in [-0.15, -0.1) is 0 Å². The molecule has 0 aliphatic rings. The van der Waals surface area contributed by atoms with E-state index < -0.39 is 26.5 Å². The molecule has 0 aromatic carbocycles. The summed E-state index contributed by atoms with van der Waals surface area (Å²) in [5.74, 6) is -0.824. The van der Waals surface area contributed by atoms with Crippen LogP contribution in [0.2, 0.25) is 0 Å². The third-order valence-electron chi connectivity index (χ3n) is 16.0. The summed E-state index contributed by atoms with van der Waals surface area (Å²) in [7, 11) is 1.18. The monoisotopic (exact) mass is 1140 g/mol. The zero-order valence-electron chi connectivity index (χ0n) is 53.6. The van der Waals surface area contributed by atoms with E-state index in [-0.39, 0.29) is 32.0 Å². The van der Waals surface area contributed by atoms with Crippen molar-refractivity contribution in [3.8, 4) is 0 Å². The molecule has 2 unspecified atom stereocenters. The fraction of sp³-hybridized carbons (Fsp3) is 0.942. The second kappa shape index (κ2) is 61.3. The van der Waals surface area contributed by atoms with Gasteiger partial charge in [0.2, 0.25) is 0 Å². The largest absolute Gasteiger partial charge is 0.756 e. The van der Waals surface area contributed by atoms with E-state index in [4.69, 9.17) is 18.5 Å². The van der Waals surface area contributed by atoms with Crippen LogP contribution in [0.25, 0.3) is 0 Å². The number of allylic oxidation sites excluding steroid dienone is 2. The number of esters is 2. The molecule has 0 aliphatic heterocycles. The van der Waals surface area contributed by atoms with Gasteiger partial charge in [0.15, 0.2) is 6.10 Å². The Morgan fingerprint density at radius 2 is 0.646 bits per heavy atom. The van der Waals surface area contributed by atoms with Gasteiger partial charge in [-0.1, -0.05) is 328 Å². The Kier molecular flexibility index (Phi) is 60.3. The zero-order valence-corrected chi connectivity index (χ0v) is 54.5. The minimum Gasteiger partial charge on any atom is -0.756 e. The van der Waals surface area contributed by atoms with Gasteiger partial charge in [-0.3, -0.25) is 14.2 Å². The Morgan fingerprint density at radius 1 is 0.380 bits per heavy atom. The van der Waals surface area contributed by atoms with Gasteiger partial charge in [0.1, 0.15) is 19.8 Å². The fourth-order valence-electron chi connectivity index (χ4n) is 10.7. The summed E-state index contributed by atoms with van der Waals surface area (Å²) < 4.78 is 34.2. The molecule has 0 aromatic heterocycles. The van der Waals surface area contributed by atoms with Gasteiger partial charge in [-0.05, 0) is 38.5 Å². The van der Waals surface area contributed by atoms with Crippen LogP contribution in [0, 0.1) is 0 Å². The van der Waals surface area contributed by atoms with Gasteiger partial charge in [-0.25, -0.2) is 0 Å². The second-order valence-corrected chi connectivity index (χ2v) is 26.7. The highest BCUT2D eigenvalue weighted by atomic mass is 31.2. The lowest BCUT2D eigenvalue weighted by Gasteiger charge is -2.28. The number of hydrogen-bond donors (Lipinski definition) is 0. The molecule has 79 heavy (non-hydrogen) atoms. The average molecular weight is 1140 g/mol. The summed E-state index contributed by atoms with van der Waals surface area (Å²) in [5.41, 5.74) is 0. The molecule has 0 saturated heterocycles. The molecule has 0 aromatic rings. The summed E-state index contributed by atoms with van der Waals surface area (Å²) in [5, 5.41) is 0. The number of rotatable bonds is 66. The summed E-state index contributed by atoms with van der Waals surface area (Å²) >= 11 is 0. The van der Waals surface area contributed by atoms with Crippen LogP contribution in [0.3, 0.4) is 0 Å². The molecule has 0 radical (unpaired) electrons. The number of likely N-dealkylation sites (N-methyl/N-ethyl adjacent to an activating group) is 1. The van der Waals surface area contributed by atoms with Crippen LogP contribution in [0.1, 0.15) is 367 Å². The smallest absolute Gasteiger partial charge is 0.306 e. The standard InChI is InChI=1S/C69H136NO8P/c1-6-8-10-12-14-16-18-20-22-23-24-25-26-27-28-29-30-31-32-33-34-35-36-37-38-39-40-41-42-43-44-45-46-48-49-51-53-55-57-59-61-68(71)75-65-67(66-77-79(73,74)76-64-63-70(3,4)5)78-69(72)62-60-58-56-54-52-50-47-21-19-17-15-13-11-9-7-2/h21,47,67H,6-20,22-46,48-66H2,1-5H3/b47-21-. The molecular formula is C69H136NO8P. The molecule has 2 atom stereocenters. The van der Waals surface area contributed by atoms with E-state index in [1.165, 1.54) is 283 Å². The molecule has 0 spiro atoms. The van der Waals surface area contributed by atoms with Gasteiger partial charge < -0.3 is 27.9 Å². The number of phosphoric ester groups is 1. The van der Waals surface area contributed by atoms with E-state index in [2.05, 4.69) is 26.0 Å². The lowest BCUT2D eigenvalue weighted by molar-refractivity contribution is -0.870. The van der Waals surface area contributed by atoms with Crippen molar-refractivity contribution in [1.29, 1.82) is 0 Å². The number of nitrogens with zero attached hydrogens (tertiary/aromatic N) is 1. The lowest BCUT2D eigenvalue weighted by Crippen LogP contribution is -2.37. The van der Waals surface area contributed by atoms with Crippen LogP contribution in [0.5, 0.6) is 0 Å². The molecule has 0 aliphatic carbocycles. The maximum atomic E-state index is 12.8. The number of carbonyl (C=O) groups excluding carboxylic acids is 2. The van der Waals surface area contributed by atoms with E-state index in [9.17, 15) is 19.0 Å². The van der Waals surface area contributed by atoms with Gasteiger partial charge in [-0.2, -0.15) is 0 Å². The predicted molar refractivity (Wildman–Crippen MR) is 338 cm³/mol.